The molecule has 0 spiro atoms. The molecule has 0 aliphatic rings. The minimum absolute atomic E-state index is 0.0106. The number of carbonyl (C=O) groups is 1. The van der Waals surface area contributed by atoms with Crippen molar-refractivity contribution in [2.45, 2.75) is 80.3 Å². The van der Waals surface area contributed by atoms with Crippen molar-refractivity contribution in [3.05, 3.63) is 66.4 Å². The van der Waals surface area contributed by atoms with Crippen LogP contribution in [-0.2, 0) is 16.0 Å². The van der Waals surface area contributed by atoms with E-state index in [1.165, 1.54) is 5.56 Å². The molecule has 3 nitrogen and oxygen atoms in total. The first kappa shape index (κ1) is 27.5. The van der Waals surface area contributed by atoms with Crippen LogP contribution in [0.5, 0.6) is 5.75 Å². The Kier molecular flexibility index (Phi) is 10.7. The number of hydrogen-bond donors (Lipinski definition) is 0. The topological polar surface area (TPSA) is 35.5 Å². The highest BCUT2D eigenvalue weighted by Gasteiger charge is 2.16. The van der Waals surface area contributed by atoms with Crippen molar-refractivity contribution in [2.24, 2.45) is 5.41 Å². The molecule has 0 fully saturated rings. The quantitative estimate of drug-likeness (QED) is 0.372. The normalized spacial score (nSPS) is 11.2. The Morgan fingerprint density at radius 1 is 0.844 bits per heavy atom. The molecule has 0 aliphatic carbocycles. The van der Waals surface area contributed by atoms with Crippen LogP contribution in [0.1, 0.15) is 73.8 Å². The van der Waals surface area contributed by atoms with Crippen LogP contribution in [0.4, 0.5) is 0 Å². The first-order chi connectivity index (χ1) is 14.9. The largest absolute Gasteiger partial charge is 0.493 e. The molecule has 32 heavy (non-hydrogen) atoms. The van der Waals surface area contributed by atoms with Gasteiger partial charge >= 0.3 is 0 Å². The third kappa shape index (κ3) is 11.2. The van der Waals surface area contributed by atoms with Gasteiger partial charge in [0.15, 0.2) is 5.78 Å². The van der Waals surface area contributed by atoms with E-state index in [-0.39, 0.29) is 23.4 Å². The maximum Gasteiger partial charge on any atom is 0.170 e. The van der Waals surface area contributed by atoms with Gasteiger partial charge in [0.25, 0.3) is 0 Å². The highest BCUT2D eigenvalue weighted by atomic mass is 16.5. The van der Waals surface area contributed by atoms with Crippen LogP contribution in [0, 0.1) is 5.41 Å². The van der Waals surface area contributed by atoms with E-state index in [1.807, 2.05) is 58.9 Å². The highest BCUT2D eigenvalue weighted by molar-refractivity contribution is 5.80. The Hall–Kier alpha value is -2.55. The predicted molar refractivity (Wildman–Crippen MR) is 136 cm³/mol. The van der Waals surface area contributed by atoms with E-state index in [4.69, 9.17) is 9.47 Å². The van der Waals surface area contributed by atoms with Gasteiger partial charge in [0.05, 0.1) is 5.76 Å². The summed E-state index contributed by atoms with van der Waals surface area (Å²) >= 11 is 0. The van der Waals surface area contributed by atoms with E-state index < -0.39 is 0 Å². The Bertz CT molecular complexity index is 758. The van der Waals surface area contributed by atoms with Gasteiger partial charge in [0, 0.05) is 12.8 Å². The van der Waals surface area contributed by atoms with Gasteiger partial charge in [-0.25, -0.2) is 0 Å². The van der Waals surface area contributed by atoms with Gasteiger partial charge in [-0.05, 0) is 61.4 Å². The number of Topliss-reactive ketones (excluding diaryl/α,β-unsaturated/α-hetero) is 1. The van der Waals surface area contributed by atoms with E-state index in [0.29, 0.717) is 6.42 Å². The van der Waals surface area contributed by atoms with Crippen molar-refractivity contribution in [3.63, 3.8) is 0 Å². The number of rotatable bonds is 9. The molecular formula is C29H42O3. The van der Waals surface area contributed by atoms with E-state index in [0.717, 1.165) is 35.5 Å². The molecule has 0 heterocycles. The van der Waals surface area contributed by atoms with Crippen LogP contribution in [0.2, 0.25) is 0 Å². The first-order valence-corrected chi connectivity index (χ1v) is 11.6. The molecule has 176 valence electrons. The zero-order valence-corrected chi connectivity index (χ0v) is 21.4. The molecule has 0 atom stereocenters. The maximum absolute atomic E-state index is 12.0. The lowest BCUT2D eigenvalue weighted by molar-refractivity contribution is -0.122. The van der Waals surface area contributed by atoms with Crippen LogP contribution >= 0.6 is 0 Å². The lowest BCUT2D eigenvalue weighted by atomic mass is 9.90. The van der Waals surface area contributed by atoms with Crippen molar-refractivity contribution in [3.8, 4) is 16.9 Å². The monoisotopic (exact) mass is 438 g/mol. The summed E-state index contributed by atoms with van der Waals surface area (Å²) in [7, 11) is 0. The second-order valence-corrected chi connectivity index (χ2v) is 10.0. The minimum atomic E-state index is -0.198. The van der Waals surface area contributed by atoms with E-state index in [9.17, 15) is 4.79 Å². The van der Waals surface area contributed by atoms with Crippen LogP contribution in [0.25, 0.3) is 11.1 Å². The summed E-state index contributed by atoms with van der Waals surface area (Å²) < 4.78 is 11.4. The summed E-state index contributed by atoms with van der Waals surface area (Å²) in [5.41, 5.74) is 3.32. The molecule has 0 bridgehead atoms. The standard InChI is InChI=1S/C27H36O3.C2H6/c1-20(30-27(5,6)7)8-9-21-10-12-22(13-11-21)23-14-16-25(17-15-23)29-19-24(28)18-26(2,3)4;1-2/h10-17H,1,8-9,18-19H2,2-7H3;1-2H3. The van der Waals surface area contributed by atoms with E-state index in [1.54, 1.807) is 0 Å². The lowest BCUT2D eigenvalue weighted by Crippen LogP contribution is -2.18. The van der Waals surface area contributed by atoms with Crippen molar-refractivity contribution < 1.29 is 14.3 Å². The molecule has 3 heteroatoms. The van der Waals surface area contributed by atoms with Crippen LogP contribution < -0.4 is 4.74 Å². The fourth-order valence-electron chi connectivity index (χ4n) is 3.18. The van der Waals surface area contributed by atoms with Gasteiger partial charge in [-0.2, -0.15) is 0 Å². The molecule has 0 aromatic heterocycles. The molecule has 0 unspecified atom stereocenters. The molecule has 0 aliphatic heterocycles. The summed E-state index contributed by atoms with van der Waals surface area (Å²) in [6.45, 7) is 20.4. The van der Waals surface area contributed by atoms with Crippen LogP contribution in [0.3, 0.4) is 0 Å². The maximum atomic E-state index is 12.0. The Balaban J connectivity index is 0.00000249. The molecule has 0 saturated carbocycles. The summed E-state index contributed by atoms with van der Waals surface area (Å²) in [5, 5.41) is 0. The third-order valence-electron chi connectivity index (χ3n) is 4.41. The number of benzene rings is 2. The number of hydrogen-bond acceptors (Lipinski definition) is 3. The molecular weight excluding hydrogens is 396 g/mol. The average molecular weight is 439 g/mol. The van der Waals surface area contributed by atoms with Gasteiger partial charge in [-0.15, -0.1) is 0 Å². The van der Waals surface area contributed by atoms with E-state index >= 15 is 0 Å². The molecule has 2 aromatic rings. The first-order valence-electron chi connectivity index (χ1n) is 11.6. The van der Waals surface area contributed by atoms with Crippen LogP contribution in [0.15, 0.2) is 60.9 Å². The van der Waals surface area contributed by atoms with Gasteiger partial charge in [0.2, 0.25) is 0 Å². The minimum Gasteiger partial charge on any atom is -0.493 e. The molecule has 2 rings (SSSR count). The summed E-state index contributed by atoms with van der Waals surface area (Å²) in [6, 6.07) is 16.4. The average Bonchev–Trinajstić information content (AvgIpc) is 2.71. The van der Waals surface area contributed by atoms with Gasteiger partial charge < -0.3 is 9.47 Å². The number of allylic oxidation sites excluding steroid dienone is 1. The second-order valence-electron chi connectivity index (χ2n) is 10.0. The molecule has 0 saturated heterocycles. The molecule has 0 radical (unpaired) electrons. The summed E-state index contributed by atoms with van der Waals surface area (Å²) in [6.07, 6.45) is 2.24. The van der Waals surface area contributed by atoms with Crippen molar-refractivity contribution in [2.75, 3.05) is 6.61 Å². The van der Waals surface area contributed by atoms with Gasteiger partial charge in [0.1, 0.15) is 18.0 Å². The zero-order chi connectivity index (χ0) is 24.4. The van der Waals surface area contributed by atoms with Crippen molar-refractivity contribution >= 4 is 5.78 Å². The summed E-state index contributed by atoms with van der Waals surface area (Å²) in [5.74, 6) is 1.66. The van der Waals surface area contributed by atoms with Gasteiger partial charge in [-0.3, -0.25) is 4.79 Å². The second kappa shape index (κ2) is 12.5. The smallest absolute Gasteiger partial charge is 0.170 e. The fourth-order valence-corrected chi connectivity index (χ4v) is 3.18. The number of ketones is 1. The summed E-state index contributed by atoms with van der Waals surface area (Å²) in [4.78, 5) is 12.0. The lowest BCUT2D eigenvalue weighted by Gasteiger charge is -2.22. The van der Waals surface area contributed by atoms with Crippen LogP contribution in [-0.4, -0.2) is 18.0 Å². The van der Waals surface area contributed by atoms with Crippen molar-refractivity contribution in [1.82, 2.24) is 0 Å². The number of carbonyl (C=O) groups excluding carboxylic acids is 1. The predicted octanol–water partition coefficient (Wildman–Crippen LogP) is 8.03. The molecule has 2 aromatic carbocycles. The zero-order valence-electron chi connectivity index (χ0n) is 21.4. The number of ether oxygens (including phenoxy) is 2. The fraction of sp³-hybridized carbons (Fsp3) is 0.483. The molecule has 0 amide bonds. The molecule has 0 N–H and O–H groups in total. The SMILES string of the molecule is C=C(CCc1ccc(-c2ccc(OCC(=O)CC(C)(C)C)cc2)cc1)OC(C)(C)C.CC. The number of aryl methyl sites for hydroxylation is 1. The third-order valence-corrected chi connectivity index (χ3v) is 4.41. The van der Waals surface area contributed by atoms with Crippen molar-refractivity contribution in [1.29, 1.82) is 0 Å². The van der Waals surface area contributed by atoms with Gasteiger partial charge in [-0.1, -0.05) is 77.6 Å². The Morgan fingerprint density at radius 3 is 1.81 bits per heavy atom. The Morgan fingerprint density at radius 2 is 1.34 bits per heavy atom. The van der Waals surface area contributed by atoms with E-state index in [2.05, 4.69) is 51.6 Å². The Labute approximate surface area is 195 Å². The highest BCUT2D eigenvalue weighted by Crippen LogP contribution is 2.24.